The molecule has 19 heavy (non-hydrogen) atoms. The molecule has 0 spiro atoms. The maximum atomic E-state index is 3.58. The predicted octanol–water partition coefficient (Wildman–Crippen LogP) is 3.66. The van der Waals surface area contributed by atoms with Crippen molar-refractivity contribution in [3.05, 3.63) is 0 Å². The maximum absolute atomic E-state index is 3.58. The molecule has 2 atom stereocenters. The van der Waals surface area contributed by atoms with Crippen molar-refractivity contribution in [1.82, 2.24) is 10.2 Å². The molecule has 2 rings (SSSR count). The molecule has 0 aliphatic heterocycles. The van der Waals surface area contributed by atoms with E-state index < -0.39 is 0 Å². The highest BCUT2D eigenvalue weighted by Crippen LogP contribution is 2.39. The van der Waals surface area contributed by atoms with Crippen molar-refractivity contribution in [1.29, 1.82) is 0 Å². The average molecular weight is 266 g/mol. The van der Waals surface area contributed by atoms with Crippen LogP contribution in [0.4, 0.5) is 0 Å². The normalized spacial score (nSPS) is 39.5. The Morgan fingerprint density at radius 3 is 2.26 bits per heavy atom. The average Bonchev–Trinajstić information content (AvgIpc) is 2.38. The largest absolute Gasteiger partial charge is 0.315 e. The van der Waals surface area contributed by atoms with Crippen LogP contribution in [0.25, 0.3) is 0 Å². The second kappa shape index (κ2) is 6.13. The van der Waals surface area contributed by atoms with Crippen molar-refractivity contribution in [2.75, 3.05) is 14.1 Å². The van der Waals surface area contributed by atoms with Gasteiger partial charge in [0, 0.05) is 18.1 Å². The van der Waals surface area contributed by atoms with E-state index in [2.05, 4.69) is 45.1 Å². The van der Waals surface area contributed by atoms with Crippen LogP contribution >= 0.6 is 0 Å². The number of rotatable bonds is 3. The summed E-state index contributed by atoms with van der Waals surface area (Å²) in [4.78, 5) is 2.73. The lowest BCUT2D eigenvalue weighted by molar-refractivity contribution is 0.0406. The fourth-order valence-corrected chi connectivity index (χ4v) is 4.23. The molecular formula is C17H34N2. The number of hydrogen-bond donors (Lipinski definition) is 1. The molecule has 2 saturated carbocycles. The summed E-state index contributed by atoms with van der Waals surface area (Å²) in [6, 6.07) is 2.25. The minimum Gasteiger partial charge on any atom is -0.315 e. The van der Waals surface area contributed by atoms with E-state index in [9.17, 15) is 0 Å². The zero-order chi connectivity index (χ0) is 14.0. The summed E-state index contributed by atoms with van der Waals surface area (Å²) in [5.41, 5.74) is 0.522. The molecule has 0 aromatic carbocycles. The molecule has 2 unspecified atom stereocenters. The van der Waals surface area contributed by atoms with Crippen LogP contribution in [0, 0.1) is 11.3 Å². The van der Waals surface area contributed by atoms with Crippen LogP contribution in [-0.4, -0.2) is 37.1 Å². The first-order valence-electron chi connectivity index (χ1n) is 8.32. The lowest BCUT2D eigenvalue weighted by Gasteiger charge is -2.48. The third-order valence-electron chi connectivity index (χ3n) is 5.81. The summed E-state index contributed by atoms with van der Waals surface area (Å²) in [7, 11) is 4.53. The first kappa shape index (κ1) is 15.3. The minimum atomic E-state index is 0.522. The number of hydrogen-bond acceptors (Lipinski definition) is 2. The molecule has 2 heteroatoms. The summed E-state index contributed by atoms with van der Waals surface area (Å²) in [6.45, 7) is 7.31. The molecule has 0 aromatic heterocycles. The van der Waals surface area contributed by atoms with Crippen LogP contribution in [0.15, 0.2) is 0 Å². The van der Waals surface area contributed by atoms with Crippen molar-refractivity contribution in [2.24, 2.45) is 11.3 Å². The fraction of sp³-hybridized carbons (Fsp3) is 1.00. The molecule has 2 aliphatic rings. The third-order valence-corrected chi connectivity index (χ3v) is 5.81. The highest BCUT2D eigenvalue weighted by Gasteiger charge is 2.38. The van der Waals surface area contributed by atoms with Crippen LogP contribution in [0.2, 0.25) is 0 Å². The molecule has 0 aromatic rings. The van der Waals surface area contributed by atoms with Gasteiger partial charge in [-0.3, -0.25) is 4.90 Å². The molecule has 2 fully saturated rings. The predicted molar refractivity (Wildman–Crippen MR) is 83.5 cm³/mol. The van der Waals surface area contributed by atoms with Gasteiger partial charge in [-0.15, -0.1) is 0 Å². The van der Waals surface area contributed by atoms with E-state index in [0.29, 0.717) is 11.5 Å². The van der Waals surface area contributed by atoms with Crippen molar-refractivity contribution in [3.8, 4) is 0 Å². The molecule has 2 aliphatic carbocycles. The van der Waals surface area contributed by atoms with E-state index in [-0.39, 0.29) is 0 Å². The second-order valence-corrected chi connectivity index (χ2v) is 7.95. The zero-order valence-corrected chi connectivity index (χ0v) is 13.7. The second-order valence-electron chi connectivity index (χ2n) is 7.95. The number of likely N-dealkylation sites (N-methyl/N-ethyl adjacent to an activating group) is 2. The highest BCUT2D eigenvalue weighted by atomic mass is 15.2. The van der Waals surface area contributed by atoms with Crippen LogP contribution in [-0.2, 0) is 0 Å². The Hall–Kier alpha value is -0.0800. The lowest BCUT2D eigenvalue weighted by Crippen LogP contribution is -2.55. The van der Waals surface area contributed by atoms with Crippen molar-refractivity contribution >= 4 is 0 Å². The Kier molecular flexibility index (Phi) is 4.94. The van der Waals surface area contributed by atoms with Gasteiger partial charge in [-0.2, -0.15) is 0 Å². The van der Waals surface area contributed by atoms with E-state index >= 15 is 0 Å². The van der Waals surface area contributed by atoms with Gasteiger partial charge in [-0.25, -0.2) is 0 Å². The fourth-order valence-electron chi connectivity index (χ4n) is 4.23. The summed E-state index contributed by atoms with van der Waals surface area (Å²) in [5, 5.41) is 3.58. The quantitative estimate of drug-likeness (QED) is 0.838. The Balaban J connectivity index is 2.00. The Labute approximate surface area is 120 Å². The summed E-state index contributed by atoms with van der Waals surface area (Å²) in [6.07, 6.45) is 9.72. The Morgan fingerprint density at radius 1 is 1.05 bits per heavy atom. The van der Waals surface area contributed by atoms with E-state index in [1.54, 1.807) is 0 Å². The summed E-state index contributed by atoms with van der Waals surface area (Å²) >= 11 is 0. The van der Waals surface area contributed by atoms with Gasteiger partial charge >= 0.3 is 0 Å². The molecule has 112 valence electrons. The first-order chi connectivity index (χ1) is 8.93. The Morgan fingerprint density at radius 2 is 1.68 bits per heavy atom. The smallest absolute Gasteiger partial charge is 0.0254 e. The van der Waals surface area contributed by atoms with E-state index in [0.717, 1.165) is 18.0 Å². The molecule has 0 radical (unpaired) electrons. The van der Waals surface area contributed by atoms with Crippen LogP contribution in [0.3, 0.4) is 0 Å². The van der Waals surface area contributed by atoms with Gasteiger partial charge in [0.25, 0.3) is 0 Å². The SMILES string of the molecule is CNC1CCC(C)(C)CC1N(C)C1CCC(C)CC1. The lowest BCUT2D eigenvalue weighted by atomic mass is 9.72. The van der Waals surface area contributed by atoms with E-state index in [4.69, 9.17) is 0 Å². The first-order valence-corrected chi connectivity index (χ1v) is 8.32. The zero-order valence-electron chi connectivity index (χ0n) is 13.7. The summed E-state index contributed by atoms with van der Waals surface area (Å²) < 4.78 is 0. The number of nitrogens with zero attached hydrogens (tertiary/aromatic N) is 1. The van der Waals surface area contributed by atoms with Gasteiger partial charge < -0.3 is 5.32 Å². The minimum absolute atomic E-state index is 0.522. The monoisotopic (exact) mass is 266 g/mol. The molecule has 0 bridgehead atoms. The number of nitrogens with one attached hydrogen (secondary N) is 1. The van der Waals surface area contributed by atoms with Crippen LogP contribution in [0.5, 0.6) is 0 Å². The molecular weight excluding hydrogens is 232 g/mol. The van der Waals surface area contributed by atoms with Gasteiger partial charge in [0.2, 0.25) is 0 Å². The third kappa shape index (κ3) is 3.72. The van der Waals surface area contributed by atoms with E-state index in [1.807, 2.05) is 0 Å². The highest BCUT2D eigenvalue weighted by molar-refractivity contribution is 4.95. The standard InChI is InChI=1S/C17H34N2/c1-13-6-8-14(9-7-13)19(5)16-12-17(2,3)11-10-15(16)18-4/h13-16,18H,6-12H2,1-5H3. The molecule has 2 nitrogen and oxygen atoms in total. The van der Waals surface area contributed by atoms with Crippen LogP contribution < -0.4 is 5.32 Å². The van der Waals surface area contributed by atoms with Crippen molar-refractivity contribution in [2.45, 2.75) is 83.8 Å². The Bertz CT molecular complexity index is 279. The maximum Gasteiger partial charge on any atom is 0.0254 e. The molecule has 0 heterocycles. The van der Waals surface area contributed by atoms with Crippen molar-refractivity contribution in [3.63, 3.8) is 0 Å². The molecule has 1 N–H and O–H groups in total. The van der Waals surface area contributed by atoms with Gasteiger partial charge in [0.1, 0.15) is 0 Å². The summed E-state index contributed by atoms with van der Waals surface area (Å²) in [5.74, 6) is 0.951. The van der Waals surface area contributed by atoms with Crippen LogP contribution in [0.1, 0.15) is 65.7 Å². The van der Waals surface area contributed by atoms with Gasteiger partial charge in [-0.1, -0.05) is 20.8 Å². The molecule has 0 saturated heterocycles. The topological polar surface area (TPSA) is 15.3 Å². The molecule has 0 amide bonds. The van der Waals surface area contributed by atoms with Gasteiger partial charge in [0.05, 0.1) is 0 Å². The van der Waals surface area contributed by atoms with Gasteiger partial charge in [-0.05, 0) is 70.4 Å². The van der Waals surface area contributed by atoms with E-state index in [1.165, 1.54) is 44.9 Å². The van der Waals surface area contributed by atoms with Gasteiger partial charge in [0.15, 0.2) is 0 Å². The van der Waals surface area contributed by atoms with Crippen molar-refractivity contribution < 1.29 is 0 Å².